The van der Waals surface area contributed by atoms with Gasteiger partial charge in [-0.2, -0.15) is 0 Å². The first kappa shape index (κ1) is 25.7. The van der Waals surface area contributed by atoms with E-state index in [0.29, 0.717) is 24.4 Å². The van der Waals surface area contributed by atoms with Gasteiger partial charge >= 0.3 is 23.9 Å². The number of para-hydroxylation sites is 1. The van der Waals surface area contributed by atoms with Gasteiger partial charge in [0, 0.05) is 46.6 Å². The standard InChI is InChI=1S/C25H26O10/c1-13(26)31-20-8-6-5-7-17(20)9-10-18-11-19(30)23-21(35-18)12-22(32-14(2)27)24(33-15(3)28)25(23)34-16(4)29/h5-8,11,22,24-25H,9-10,12H2,1-4H3/t22?,24-,25?/m0/s1. The van der Waals surface area contributed by atoms with E-state index < -0.39 is 47.6 Å². The second-order valence-corrected chi connectivity index (χ2v) is 8.07. The van der Waals surface area contributed by atoms with Gasteiger partial charge in [-0.1, -0.05) is 18.2 Å². The molecule has 1 aliphatic carbocycles. The molecule has 0 saturated heterocycles. The van der Waals surface area contributed by atoms with E-state index in [2.05, 4.69) is 0 Å². The van der Waals surface area contributed by atoms with Gasteiger partial charge < -0.3 is 23.4 Å². The third-order valence-corrected chi connectivity index (χ3v) is 5.23. The minimum Gasteiger partial charge on any atom is -0.465 e. The van der Waals surface area contributed by atoms with E-state index in [1.54, 1.807) is 24.3 Å². The van der Waals surface area contributed by atoms with Gasteiger partial charge in [0.25, 0.3) is 0 Å². The van der Waals surface area contributed by atoms with Crippen molar-refractivity contribution < 1.29 is 42.5 Å². The van der Waals surface area contributed by atoms with E-state index >= 15 is 0 Å². The van der Waals surface area contributed by atoms with Gasteiger partial charge in [0.1, 0.15) is 23.4 Å². The number of ether oxygens (including phenoxy) is 4. The lowest BCUT2D eigenvalue weighted by atomic mass is 9.88. The number of hydrogen-bond acceptors (Lipinski definition) is 10. The van der Waals surface area contributed by atoms with E-state index in [1.807, 2.05) is 0 Å². The van der Waals surface area contributed by atoms with Crippen LogP contribution in [0.2, 0.25) is 0 Å². The second-order valence-electron chi connectivity index (χ2n) is 8.07. The van der Waals surface area contributed by atoms with Crippen LogP contribution in [0.3, 0.4) is 0 Å². The Bertz CT molecular complexity index is 1190. The van der Waals surface area contributed by atoms with Crippen molar-refractivity contribution in [1.29, 1.82) is 0 Å². The first-order valence-corrected chi connectivity index (χ1v) is 11.0. The molecule has 1 aromatic carbocycles. The Morgan fingerprint density at radius 1 is 0.886 bits per heavy atom. The molecule has 0 radical (unpaired) electrons. The van der Waals surface area contributed by atoms with Crippen LogP contribution >= 0.6 is 0 Å². The number of carbonyl (C=O) groups is 4. The van der Waals surface area contributed by atoms with Crippen LogP contribution in [-0.4, -0.2) is 36.1 Å². The van der Waals surface area contributed by atoms with E-state index in [9.17, 15) is 24.0 Å². The molecular formula is C25H26O10. The van der Waals surface area contributed by atoms with Crippen molar-refractivity contribution >= 4 is 23.9 Å². The minimum atomic E-state index is -1.31. The highest BCUT2D eigenvalue weighted by molar-refractivity contribution is 5.70. The van der Waals surface area contributed by atoms with E-state index in [1.165, 1.54) is 19.9 Å². The normalized spacial score (nSPS) is 18.7. The maximum absolute atomic E-state index is 13.1. The lowest BCUT2D eigenvalue weighted by Gasteiger charge is -2.36. The zero-order chi connectivity index (χ0) is 25.7. The van der Waals surface area contributed by atoms with Gasteiger partial charge in [0.15, 0.2) is 17.6 Å². The summed E-state index contributed by atoms with van der Waals surface area (Å²) in [5.41, 5.74) is 0.298. The third kappa shape index (κ3) is 6.56. The molecule has 0 N–H and O–H groups in total. The number of benzene rings is 1. The smallest absolute Gasteiger partial charge is 0.308 e. The molecule has 3 atom stereocenters. The maximum Gasteiger partial charge on any atom is 0.308 e. The molecule has 2 aromatic rings. The number of aryl methyl sites for hydroxylation is 2. The molecule has 0 bridgehead atoms. The predicted octanol–water partition coefficient (Wildman–Crippen LogP) is 2.37. The molecule has 0 saturated carbocycles. The quantitative estimate of drug-likeness (QED) is 0.326. The summed E-state index contributed by atoms with van der Waals surface area (Å²) in [7, 11) is 0. The van der Waals surface area contributed by atoms with Crippen LogP contribution < -0.4 is 10.2 Å². The monoisotopic (exact) mass is 486 g/mol. The minimum absolute atomic E-state index is 0.0268. The van der Waals surface area contributed by atoms with Crippen molar-refractivity contribution in [1.82, 2.24) is 0 Å². The van der Waals surface area contributed by atoms with Gasteiger partial charge in [0.05, 0.1) is 5.56 Å². The molecule has 10 nitrogen and oxygen atoms in total. The molecule has 1 aliphatic rings. The van der Waals surface area contributed by atoms with Crippen molar-refractivity contribution in [2.24, 2.45) is 0 Å². The maximum atomic E-state index is 13.1. The Morgan fingerprint density at radius 3 is 2.17 bits per heavy atom. The number of fused-ring (bicyclic) bond motifs is 1. The molecule has 10 heteroatoms. The van der Waals surface area contributed by atoms with Gasteiger partial charge in [-0.3, -0.25) is 24.0 Å². The van der Waals surface area contributed by atoms with Crippen LogP contribution in [0.25, 0.3) is 0 Å². The summed E-state index contributed by atoms with van der Waals surface area (Å²) in [6.07, 6.45) is -2.90. The van der Waals surface area contributed by atoms with Gasteiger partial charge in [0.2, 0.25) is 0 Å². The van der Waals surface area contributed by atoms with Crippen molar-refractivity contribution in [2.75, 3.05) is 0 Å². The zero-order valence-corrected chi connectivity index (χ0v) is 19.8. The lowest BCUT2D eigenvalue weighted by molar-refractivity contribution is -0.186. The molecule has 0 aliphatic heterocycles. The second kappa shape index (κ2) is 11.0. The summed E-state index contributed by atoms with van der Waals surface area (Å²) in [6.45, 7) is 4.80. The number of esters is 4. The van der Waals surface area contributed by atoms with Crippen molar-refractivity contribution in [3.8, 4) is 5.75 Å². The number of carbonyl (C=O) groups excluding carboxylic acids is 4. The Kier molecular flexibility index (Phi) is 8.06. The predicted molar refractivity (Wildman–Crippen MR) is 119 cm³/mol. The fraction of sp³-hybridized carbons (Fsp3) is 0.400. The van der Waals surface area contributed by atoms with Gasteiger partial charge in [-0.25, -0.2) is 0 Å². The Labute approximate surface area is 201 Å². The zero-order valence-electron chi connectivity index (χ0n) is 19.8. The topological polar surface area (TPSA) is 135 Å². The highest BCUT2D eigenvalue weighted by atomic mass is 16.6. The highest BCUT2D eigenvalue weighted by Gasteiger charge is 2.46. The average Bonchev–Trinajstić information content (AvgIpc) is 2.73. The summed E-state index contributed by atoms with van der Waals surface area (Å²) in [4.78, 5) is 59.6. The fourth-order valence-corrected chi connectivity index (χ4v) is 4.01. The van der Waals surface area contributed by atoms with E-state index in [-0.39, 0.29) is 17.7 Å². The molecule has 35 heavy (non-hydrogen) atoms. The molecule has 3 rings (SSSR count). The van der Waals surface area contributed by atoms with Crippen LogP contribution in [0.5, 0.6) is 5.75 Å². The molecule has 0 amide bonds. The SMILES string of the molecule is CC(=O)Oc1ccccc1CCc1cc(=O)c2c(o1)CC(OC(C)=O)[C@H](OC(C)=O)C2OC(C)=O. The molecule has 1 aromatic heterocycles. The molecule has 186 valence electrons. The number of hydrogen-bond donors (Lipinski definition) is 0. The van der Waals surface area contributed by atoms with Crippen LogP contribution in [0.1, 0.15) is 56.4 Å². The molecular weight excluding hydrogens is 460 g/mol. The molecule has 0 fully saturated rings. The van der Waals surface area contributed by atoms with Crippen LogP contribution in [0.15, 0.2) is 39.5 Å². The van der Waals surface area contributed by atoms with Gasteiger partial charge in [-0.05, 0) is 18.1 Å². The summed E-state index contributed by atoms with van der Waals surface area (Å²) in [6, 6.07) is 8.29. The third-order valence-electron chi connectivity index (χ3n) is 5.23. The molecule has 0 spiro atoms. The van der Waals surface area contributed by atoms with E-state index in [0.717, 1.165) is 19.4 Å². The van der Waals surface area contributed by atoms with E-state index in [4.69, 9.17) is 23.4 Å². The van der Waals surface area contributed by atoms with Crippen molar-refractivity contribution in [3.63, 3.8) is 0 Å². The van der Waals surface area contributed by atoms with Crippen molar-refractivity contribution in [2.45, 2.75) is 65.3 Å². The van der Waals surface area contributed by atoms with Crippen LogP contribution in [-0.2, 0) is 52.7 Å². The summed E-state index contributed by atoms with van der Waals surface area (Å²) in [5, 5.41) is 0. The van der Waals surface area contributed by atoms with Crippen molar-refractivity contribution in [3.05, 3.63) is 63.2 Å². The Morgan fingerprint density at radius 2 is 1.54 bits per heavy atom. The molecule has 2 unspecified atom stereocenters. The molecule has 1 heterocycles. The summed E-state index contributed by atoms with van der Waals surface area (Å²) in [5.74, 6) is -1.59. The van der Waals surface area contributed by atoms with Crippen LogP contribution in [0, 0.1) is 0 Å². The average molecular weight is 486 g/mol. The lowest BCUT2D eigenvalue weighted by Crippen LogP contribution is -2.47. The first-order valence-electron chi connectivity index (χ1n) is 11.0. The summed E-state index contributed by atoms with van der Waals surface area (Å²) < 4.78 is 27.1. The number of rotatable bonds is 7. The van der Waals surface area contributed by atoms with Crippen LogP contribution in [0.4, 0.5) is 0 Å². The fourth-order valence-electron chi connectivity index (χ4n) is 4.01. The Hall–Kier alpha value is -3.95. The van der Waals surface area contributed by atoms with Gasteiger partial charge in [-0.15, -0.1) is 0 Å². The first-order chi connectivity index (χ1) is 16.5. The Balaban J connectivity index is 1.96. The summed E-state index contributed by atoms with van der Waals surface area (Å²) >= 11 is 0. The largest absolute Gasteiger partial charge is 0.465 e. The highest BCUT2D eigenvalue weighted by Crippen LogP contribution is 2.35.